The number of ether oxygens (including phenoxy) is 1. The van der Waals surface area contributed by atoms with Crippen molar-refractivity contribution in [2.24, 2.45) is 0 Å². The largest absolute Gasteiger partial charge is 0.492 e. The van der Waals surface area contributed by atoms with E-state index in [-0.39, 0.29) is 5.78 Å². The molecule has 100 valence electrons. The predicted molar refractivity (Wildman–Crippen MR) is 77.2 cm³/mol. The van der Waals surface area contributed by atoms with E-state index in [1.165, 1.54) is 4.88 Å². The topological polar surface area (TPSA) is 39.2 Å². The van der Waals surface area contributed by atoms with Gasteiger partial charge in [-0.2, -0.15) is 0 Å². The summed E-state index contributed by atoms with van der Waals surface area (Å²) >= 11 is 1.64. The Morgan fingerprint density at radius 3 is 2.79 bits per heavy atom. The highest BCUT2D eigenvalue weighted by Gasteiger charge is 2.09. The fourth-order valence-corrected chi connectivity index (χ4v) is 2.62. The molecule has 0 aliphatic rings. The van der Waals surface area contributed by atoms with Crippen molar-refractivity contribution >= 4 is 17.1 Å². The average molecular weight is 275 g/mol. The summed E-state index contributed by atoms with van der Waals surface area (Å²) in [5, 5.41) is 0. The van der Waals surface area contributed by atoms with Gasteiger partial charge in [0.15, 0.2) is 5.78 Å². The number of nitrogens with zero attached hydrogens (tertiary/aromatic N) is 1. The van der Waals surface area contributed by atoms with Crippen molar-refractivity contribution in [3.63, 3.8) is 0 Å². The number of ketones is 1. The molecule has 0 aliphatic carbocycles. The number of aromatic nitrogens is 1. The smallest absolute Gasteiger partial charge is 0.163 e. The second kappa shape index (κ2) is 5.97. The molecule has 0 bridgehead atoms. The van der Waals surface area contributed by atoms with E-state index in [9.17, 15) is 4.79 Å². The molecule has 0 aliphatic heterocycles. The van der Waals surface area contributed by atoms with Crippen molar-refractivity contribution in [1.29, 1.82) is 0 Å². The zero-order chi connectivity index (χ0) is 13.8. The standard InChI is InChI=1S/C15H17NO2S/c1-10-4-5-13(12(3)17)14(8-10)18-7-6-15-11(2)16-9-19-15/h4-5,8-9H,6-7H2,1-3H3. The van der Waals surface area contributed by atoms with Gasteiger partial charge in [-0.3, -0.25) is 4.79 Å². The predicted octanol–water partition coefficient (Wildman–Crippen LogP) is 3.58. The lowest BCUT2D eigenvalue weighted by atomic mass is 10.1. The first kappa shape index (κ1) is 13.7. The molecule has 0 unspecified atom stereocenters. The Kier molecular flexibility index (Phi) is 4.32. The molecule has 0 radical (unpaired) electrons. The fraction of sp³-hybridized carbons (Fsp3) is 0.333. The molecule has 0 spiro atoms. The highest BCUT2D eigenvalue weighted by molar-refractivity contribution is 7.09. The molecule has 0 atom stereocenters. The number of thiazole rings is 1. The molecule has 2 aromatic rings. The number of hydrogen-bond donors (Lipinski definition) is 0. The SMILES string of the molecule is CC(=O)c1ccc(C)cc1OCCc1scnc1C. The van der Waals surface area contributed by atoms with E-state index in [0.717, 1.165) is 17.7 Å². The van der Waals surface area contributed by atoms with E-state index >= 15 is 0 Å². The maximum Gasteiger partial charge on any atom is 0.163 e. The Hall–Kier alpha value is -1.68. The molecule has 0 fully saturated rings. The molecule has 1 aromatic carbocycles. The van der Waals surface area contributed by atoms with Crippen molar-refractivity contribution in [3.05, 3.63) is 45.4 Å². The average Bonchev–Trinajstić information content (AvgIpc) is 2.75. The summed E-state index contributed by atoms with van der Waals surface area (Å²) < 4.78 is 5.77. The van der Waals surface area contributed by atoms with E-state index in [2.05, 4.69) is 4.98 Å². The number of carbonyl (C=O) groups excluding carboxylic acids is 1. The van der Waals surface area contributed by atoms with Crippen molar-refractivity contribution in [2.75, 3.05) is 6.61 Å². The molecule has 0 saturated carbocycles. The van der Waals surface area contributed by atoms with Crippen LogP contribution in [0.3, 0.4) is 0 Å². The van der Waals surface area contributed by atoms with Crippen molar-refractivity contribution in [1.82, 2.24) is 4.98 Å². The van der Waals surface area contributed by atoms with Gasteiger partial charge in [0.05, 0.1) is 23.4 Å². The van der Waals surface area contributed by atoms with E-state index in [1.54, 1.807) is 18.3 Å². The number of Topliss-reactive ketones (excluding diaryl/α,β-unsaturated/α-hetero) is 1. The van der Waals surface area contributed by atoms with E-state index < -0.39 is 0 Å². The van der Waals surface area contributed by atoms with Crippen molar-refractivity contribution in [2.45, 2.75) is 27.2 Å². The first-order valence-corrected chi connectivity index (χ1v) is 7.09. The van der Waals surface area contributed by atoms with Crippen LogP contribution in [0.2, 0.25) is 0 Å². The van der Waals surface area contributed by atoms with Crippen LogP contribution in [-0.4, -0.2) is 17.4 Å². The van der Waals surface area contributed by atoms with E-state index in [0.29, 0.717) is 17.9 Å². The third kappa shape index (κ3) is 3.41. The third-order valence-corrected chi connectivity index (χ3v) is 3.94. The van der Waals surface area contributed by atoms with Crippen LogP contribution < -0.4 is 4.74 Å². The molecule has 3 nitrogen and oxygen atoms in total. The number of benzene rings is 1. The van der Waals surface area contributed by atoms with Gasteiger partial charge in [0, 0.05) is 11.3 Å². The summed E-state index contributed by atoms with van der Waals surface area (Å²) in [4.78, 5) is 17.0. The summed E-state index contributed by atoms with van der Waals surface area (Å²) in [5.41, 5.74) is 4.64. The van der Waals surface area contributed by atoms with Gasteiger partial charge in [-0.1, -0.05) is 6.07 Å². The summed E-state index contributed by atoms with van der Waals surface area (Å²) in [6.45, 7) is 6.11. The quantitative estimate of drug-likeness (QED) is 0.783. The Labute approximate surface area is 117 Å². The van der Waals surface area contributed by atoms with Crippen LogP contribution in [0, 0.1) is 13.8 Å². The van der Waals surface area contributed by atoms with E-state index in [1.807, 2.05) is 37.6 Å². The first-order chi connectivity index (χ1) is 9.08. The highest BCUT2D eigenvalue weighted by atomic mass is 32.1. The molecule has 1 heterocycles. The summed E-state index contributed by atoms with van der Waals surface area (Å²) in [6.07, 6.45) is 0.821. The minimum absolute atomic E-state index is 0.0315. The van der Waals surface area contributed by atoms with Crippen molar-refractivity contribution < 1.29 is 9.53 Å². The van der Waals surface area contributed by atoms with Crippen LogP contribution in [0.15, 0.2) is 23.7 Å². The lowest BCUT2D eigenvalue weighted by Gasteiger charge is -2.10. The minimum Gasteiger partial charge on any atom is -0.492 e. The van der Waals surface area contributed by atoms with Gasteiger partial charge in [0.1, 0.15) is 5.75 Å². The lowest BCUT2D eigenvalue weighted by molar-refractivity contribution is 0.101. The van der Waals surface area contributed by atoms with Gasteiger partial charge < -0.3 is 4.74 Å². The van der Waals surface area contributed by atoms with Crippen LogP contribution in [0.5, 0.6) is 5.75 Å². The molecule has 0 saturated heterocycles. The normalized spacial score (nSPS) is 10.5. The molecular formula is C15H17NO2S. The number of rotatable bonds is 5. The Bertz CT molecular complexity index is 590. The number of carbonyl (C=O) groups is 1. The molecule has 0 amide bonds. The maximum absolute atomic E-state index is 11.5. The van der Waals surface area contributed by atoms with Crippen LogP contribution in [0.25, 0.3) is 0 Å². The minimum atomic E-state index is 0.0315. The Balaban J connectivity index is 2.05. The highest BCUT2D eigenvalue weighted by Crippen LogP contribution is 2.21. The number of aryl methyl sites for hydroxylation is 2. The fourth-order valence-electron chi connectivity index (χ4n) is 1.86. The third-order valence-electron chi connectivity index (χ3n) is 2.95. The van der Waals surface area contributed by atoms with Gasteiger partial charge in [-0.05, 0) is 38.5 Å². The second-order valence-corrected chi connectivity index (χ2v) is 5.45. The molecular weight excluding hydrogens is 258 g/mol. The molecule has 1 aromatic heterocycles. The first-order valence-electron chi connectivity index (χ1n) is 6.21. The Morgan fingerprint density at radius 1 is 1.37 bits per heavy atom. The van der Waals surface area contributed by atoms with Gasteiger partial charge in [-0.25, -0.2) is 4.98 Å². The van der Waals surface area contributed by atoms with Gasteiger partial charge in [-0.15, -0.1) is 11.3 Å². The molecule has 0 N–H and O–H groups in total. The van der Waals surface area contributed by atoms with Crippen molar-refractivity contribution in [3.8, 4) is 5.75 Å². The molecule has 4 heteroatoms. The van der Waals surface area contributed by atoms with Gasteiger partial charge >= 0.3 is 0 Å². The summed E-state index contributed by atoms with van der Waals surface area (Å²) in [7, 11) is 0. The van der Waals surface area contributed by atoms with Gasteiger partial charge in [0.25, 0.3) is 0 Å². The van der Waals surface area contributed by atoms with Crippen LogP contribution in [0.4, 0.5) is 0 Å². The van der Waals surface area contributed by atoms with E-state index in [4.69, 9.17) is 4.74 Å². The summed E-state index contributed by atoms with van der Waals surface area (Å²) in [6, 6.07) is 5.66. The summed E-state index contributed by atoms with van der Waals surface area (Å²) in [5.74, 6) is 0.707. The maximum atomic E-state index is 11.5. The molecule has 2 rings (SSSR count). The zero-order valence-electron chi connectivity index (χ0n) is 11.4. The number of hydrogen-bond acceptors (Lipinski definition) is 4. The molecule has 19 heavy (non-hydrogen) atoms. The van der Waals surface area contributed by atoms with Crippen LogP contribution >= 0.6 is 11.3 Å². The second-order valence-electron chi connectivity index (χ2n) is 4.52. The zero-order valence-corrected chi connectivity index (χ0v) is 12.2. The monoisotopic (exact) mass is 275 g/mol. The van der Waals surface area contributed by atoms with Crippen LogP contribution in [0.1, 0.15) is 33.4 Å². The van der Waals surface area contributed by atoms with Gasteiger partial charge in [0.2, 0.25) is 0 Å². The lowest BCUT2D eigenvalue weighted by Crippen LogP contribution is -2.05. The van der Waals surface area contributed by atoms with Crippen LogP contribution in [-0.2, 0) is 6.42 Å². The Morgan fingerprint density at radius 2 is 2.16 bits per heavy atom.